The molecule has 2 N–H and O–H groups in total. The zero-order chi connectivity index (χ0) is 24.7. The molecule has 2 unspecified atom stereocenters. The Hall–Kier alpha value is -3.05. The lowest BCUT2D eigenvalue weighted by atomic mass is 9.77. The molecule has 186 valence electrons. The molecule has 1 amide bonds. The Labute approximate surface area is 195 Å². The van der Waals surface area contributed by atoms with Crippen LogP contribution in [0.25, 0.3) is 5.95 Å². The van der Waals surface area contributed by atoms with Crippen molar-refractivity contribution in [2.45, 2.75) is 77.2 Å². The number of alkyl halides is 3. The number of carboxylic acid groups (broad SMARTS) is 1. The summed E-state index contributed by atoms with van der Waals surface area (Å²) in [6, 6.07) is 2.49. The van der Waals surface area contributed by atoms with Gasteiger partial charge in [-0.3, -0.25) is 4.90 Å². The number of anilines is 1. The largest absolute Gasteiger partial charge is 0.470 e. The monoisotopic (exact) mass is 482 g/mol. The van der Waals surface area contributed by atoms with E-state index in [4.69, 9.17) is 4.74 Å². The van der Waals surface area contributed by atoms with Gasteiger partial charge in [-0.05, 0) is 24.3 Å². The summed E-state index contributed by atoms with van der Waals surface area (Å²) < 4.78 is 47.5. The number of carbonyl (C=O) groups is 1. The molecule has 2 aliphatic rings. The number of rotatable bonds is 6. The van der Waals surface area contributed by atoms with Crippen LogP contribution < -0.4 is 10.1 Å². The predicted molar refractivity (Wildman–Crippen MR) is 117 cm³/mol. The van der Waals surface area contributed by atoms with Gasteiger partial charge in [0.05, 0.1) is 18.3 Å². The smallest absolute Gasteiger partial charge is 0.407 e. The van der Waals surface area contributed by atoms with Gasteiger partial charge in [0.1, 0.15) is 18.6 Å². The second-order valence-electron chi connectivity index (χ2n) is 9.95. The van der Waals surface area contributed by atoms with Crippen LogP contribution in [0.1, 0.15) is 52.1 Å². The summed E-state index contributed by atoms with van der Waals surface area (Å²) in [5.41, 5.74) is -0.160. The molecule has 34 heavy (non-hydrogen) atoms. The standard InChI is InChI=1S/C22H29F3N6O3/c1-21(2,3)18-15(12-30(18)20(32)33)34-17-10-16(26-13-4-7-22(24,25)8-5-13)27-19(28-17)31-9-6-14(11-23)29-31/h6,9-10,13,15,18H,4-5,7-8,11-12H2,1-3H3,(H,32,33)(H,26,27,28). The molecule has 0 radical (unpaired) electrons. The number of halogens is 3. The lowest BCUT2D eigenvalue weighted by Crippen LogP contribution is -2.68. The van der Waals surface area contributed by atoms with Crippen LogP contribution in [-0.2, 0) is 6.67 Å². The fourth-order valence-corrected chi connectivity index (χ4v) is 4.54. The van der Waals surface area contributed by atoms with Crippen LogP contribution in [0.2, 0.25) is 0 Å². The summed E-state index contributed by atoms with van der Waals surface area (Å²) in [4.78, 5) is 21.7. The second kappa shape index (κ2) is 8.95. The van der Waals surface area contributed by atoms with Crippen molar-refractivity contribution in [1.82, 2.24) is 24.6 Å². The molecule has 2 aromatic heterocycles. The summed E-state index contributed by atoms with van der Waals surface area (Å²) >= 11 is 0. The van der Waals surface area contributed by atoms with Gasteiger partial charge in [-0.25, -0.2) is 22.6 Å². The highest BCUT2D eigenvalue weighted by molar-refractivity contribution is 5.67. The third-order valence-corrected chi connectivity index (χ3v) is 6.22. The number of hydrogen-bond acceptors (Lipinski definition) is 6. The first kappa shape index (κ1) is 24.1. The lowest BCUT2D eigenvalue weighted by Gasteiger charge is -2.51. The molecule has 0 bridgehead atoms. The molecule has 2 aromatic rings. The van der Waals surface area contributed by atoms with Crippen molar-refractivity contribution < 1.29 is 27.8 Å². The Morgan fingerprint density at radius 1 is 1.29 bits per heavy atom. The minimum atomic E-state index is -2.65. The summed E-state index contributed by atoms with van der Waals surface area (Å²) in [7, 11) is 0. The molecule has 0 spiro atoms. The number of hydrogen-bond donors (Lipinski definition) is 2. The van der Waals surface area contributed by atoms with E-state index < -0.39 is 24.8 Å². The Morgan fingerprint density at radius 3 is 2.59 bits per heavy atom. The van der Waals surface area contributed by atoms with E-state index in [1.54, 1.807) is 6.07 Å². The normalized spacial score (nSPS) is 22.8. The quantitative estimate of drug-likeness (QED) is 0.633. The first-order valence-electron chi connectivity index (χ1n) is 11.3. The Kier molecular flexibility index (Phi) is 6.34. The number of nitrogens with one attached hydrogen (secondary N) is 1. The maximum absolute atomic E-state index is 13.6. The van der Waals surface area contributed by atoms with Crippen LogP contribution in [0.4, 0.5) is 23.8 Å². The van der Waals surface area contributed by atoms with Crippen LogP contribution in [-0.4, -0.2) is 66.5 Å². The van der Waals surface area contributed by atoms with Crippen LogP contribution in [0.15, 0.2) is 18.3 Å². The van der Waals surface area contributed by atoms with Gasteiger partial charge in [0.15, 0.2) is 0 Å². The van der Waals surface area contributed by atoms with E-state index >= 15 is 0 Å². The van der Waals surface area contributed by atoms with Crippen molar-refractivity contribution >= 4 is 11.9 Å². The third kappa shape index (κ3) is 5.20. The van der Waals surface area contributed by atoms with Gasteiger partial charge < -0.3 is 15.2 Å². The van der Waals surface area contributed by atoms with E-state index in [0.717, 1.165) is 0 Å². The van der Waals surface area contributed by atoms with Crippen molar-refractivity contribution in [2.75, 3.05) is 11.9 Å². The van der Waals surface area contributed by atoms with E-state index in [0.29, 0.717) is 18.7 Å². The molecule has 9 nitrogen and oxygen atoms in total. The average Bonchev–Trinajstić information content (AvgIpc) is 3.20. The number of ether oxygens (including phenoxy) is 1. The molecule has 1 aliphatic carbocycles. The minimum absolute atomic E-state index is 0.127. The lowest BCUT2D eigenvalue weighted by molar-refractivity contribution is -0.0790. The van der Waals surface area contributed by atoms with Gasteiger partial charge >= 0.3 is 6.09 Å². The molecule has 2 fully saturated rings. The molecule has 3 heterocycles. The van der Waals surface area contributed by atoms with E-state index in [2.05, 4.69) is 20.4 Å². The van der Waals surface area contributed by atoms with Crippen LogP contribution in [0.5, 0.6) is 5.88 Å². The van der Waals surface area contributed by atoms with Gasteiger partial charge in [-0.15, -0.1) is 0 Å². The van der Waals surface area contributed by atoms with Gasteiger partial charge in [-0.2, -0.15) is 15.1 Å². The number of amides is 1. The molecule has 1 aliphatic heterocycles. The molecule has 12 heteroatoms. The molecule has 2 atom stereocenters. The van der Waals surface area contributed by atoms with Crippen molar-refractivity contribution in [2.24, 2.45) is 5.41 Å². The summed E-state index contributed by atoms with van der Waals surface area (Å²) in [5.74, 6) is -1.96. The molecular formula is C22H29F3N6O3. The average molecular weight is 483 g/mol. The predicted octanol–water partition coefficient (Wildman–Crippen LogP) is 4.28. The molecule has 0 aromatic carbocycles. The number of nitrogens with zero attached hydrogens (tertiary/aromatic N) is 5. The molecular weight excluding hydrogens is 453 g/mol. The van der Waals surface area contributed by atoms with Crippen LogP contribution in [0, 0.1) is 5.41 Å². The van der Waals surface area contributed by atoms with Gasteiger partial charge in [0.2, 0.25) is 11.8 Å². The van der Waals surface area contributed by atoms with E-state index in [1.807, 2.05) is 20.8 Å². The topological polar surface area (TPSA) is 105 Å². The first-order valence-corrected chi connectivity index (χ1v) is 11.3. The number of likely N-dealkylation sites (tertiary alicyclic amines) is 1. The fraction of sp³-hybridized carbons (Fsp3) is 0.636. The van der Waals surface area contributed by atoms with Gasteiger partial charge in [-0.1, -0.05) is 20.8 Å². The summed E-state index contributed by atoms with van der Waals surface area (Å²) in [6.07, 6.45) is 0.245. The first-order chi connectivity index (χ1) is 15.9. The SMILES string of the molecule is CC(C)(C)C1C(Oc2cc(NC3CCC(F)(F)CC3)nc(-n3ccc(CF)n3)n2)CN1C(=O)O. The van der Waals surface area contributed by atoms with Crippen LogP contribution in [0.3, 0.4) is 0 Å². The maximum atomic E-state index is 13.6. The fourth-order valence-electron chi connectivity index (χ4n) is 4.54. The molecule has 1 saturated heterocycles. The van der Waals surface area contributed by atoms with Crippen molar-refractivity contribution in [3.63, 3.8) is 0 Å². The van der Waals surface area contributed by atoms with Gasteiger partial charge in [0, 0.05) is 31.1 Å². The zero-order valence-electron chi connectivity index (χ0n) is 19.3. The van der Waals surface area contributed by atoms with Crippen LogP contribution >= 0.6 is 0 Å². The Morgan fingerprint density at radius 2 is 2.00 bits per heavy atom. The summed E-state index contributed by atoms with van der Waals surface area (Å²) in [5, 5.41) is 16.8. The van der Waals surface area contributed by atoms with Gasteiger partial charge in [0.25, 0.3) is 5.95 Å². The molecule has 1 saturated carbocycles. The summed E-state index contributed by atoms with van der Waals surface area (Å²) in [6.45, 7) is 5.24. The highest BCUT2D eigenvalue weighted by Gasteiger charge is 2.50. The Balaban J connectivity index is 1.59. The van der Waals surface area contributed by atoms with Crippen molar-refractivity contribution in [3.8, 4) is 11.8 Å². The second-order valence-corrected chi connectivity index (χ2v) is 9.95. The van der Waals surface area contributed by atoms with E-state index in [-0.39, 0.29) is 54.4 Å². The zero-order valence-corrected chi connectivity index (χ0v) is 19.3. The third-order valence-electron chi connectivity index (χ3n) is 6.22. The highest BCUT2D eigenvalue weighted by Crippen LogP contribution is 2.37. The minimum Gasteiger partial charge on any atom is -0.470 e. The molecule has 4 rings (SSSR count). The van der Waals surface area contributed by atoms with E-state index in [9.17, 15) is 23.1 Å². The van der Waals surface area contributed by atoms with E-state index in [1.165, 1.54) is 21.8 Å². The highest BCUT2D eigenvalue weighted by atomic mass is 19.3. The van der Waals surface area contributed by atoms with Crippen molar-refractivity contribution in [1.29, 1.82) is 0 Å². The maximum Gasteiger partial charge on any atom is 0.407 e. The van der Waals surface area contributed by atoms with Crippen molar-refractivity contribution in [3.05, 3.63) is 24.0 Å². The number of aromatic nitrogens is 4. The Bertz CT molecular complexity index is 1030.